The third kappa shape index (κ3) is 4.39. The maximum atomic E-state index is 14.7. The number of benzene rings is 2. The quantitative estimate of drug-likeness (QED) is 0.308. The van der Waals surface area contributed by atoms with Gasteiger partial charge in [0.25, 0.3) is 8.32 Å². The van der Waals surface area contributed by atoms with Crippen molar-refractivity contribution in [2.24, 2.45) is 5.92 Å². The lowest BCUT2D eigenvalue weighted by molar-refractivity contribution is -0.134. The van der Waals surface area contributed by atoms with E-state index in [1.165, 1.54) is 10.4 Å². The Morgan fingerprint density at radius 2 is 1.68 bits per heavy atom. The van der Waals surface area contributed by atoms with E-state index in [2.05, 4.69) is 75.9 Å². The lowest BCUT2D eigenvalue weighted by atomic mass is 9.90. The number of carbonyl (C=O) groups is 1. The van der Waals surface area contributed by atoms with Gasteiger partial charge in [-0.1, -0.05) is 87.5 Å². The van der Waals surface area contributed by atoms with Gasteiger partial charge in [-0.3, -0.25) is 4.79 Å². The van der Waals surface area contributed by atoms with E-state index in [4.69, 9.17) is 9.16 Å². The van der Waals surface area contributed by atoms with E-state index in [9.17, 15) is 9.18 Å². The molecule has 4 nitrogen and oxygen atoms in total. The van der Waals surface area contributed by atoms with Gasteiger partial charge in [-0.05, 0) is 21.8 Å². The van der Waals surface area contributed by atoms with E-state index >= 15 is 0 Å². The van der Waals surface area contributed by atoms with Crippen molar-refractivity contribution < 1.29 is 18.3 Å². The van der Waals surface area contributed by atoms with Crippen LogP contribution >= 0.6 is 0 Å². The van der Waals surface area contributed by atoms with Crippen molar-refractivity contribution in [3.8, 4) is 0 Å². The number of halogens is 1. The van der Waals surface area contributed by atoms with Gasteiger partial charge in [0, 0.05) is 6.42 Å². The van der Waals surface area contributed by atoms with E-state index in [1.807, 2.05) is 12.1 Å². The van der Waals surface area contributed by atoms with Crippen molar-refractivity contribution in [3.05, 3.63) is 73.3 Å². The molecule has 1 amide bonds. The predicted molar refractivity (Wildman–Crippen MR) is 137 cm³/mol. The second-order valence-corrected chi connectivity index (χ2v) is 15.0. The van der Waals surface area contributed by atoms with Crippen LogP contribution in [0.15, 0.2) is 73.3 Å². The van der Waals surface area contributed by atoms with Crippen LogP contribution in [-0.2, 0) is 14.0 Å². The van der Waals surface area contributed by atoms with Crippen LogP contribution in [0, 0.1) is 5.92 Å². The second kappa shape index (κ2) is 9.76. The number of nitrogens with zero attached hydrogens (tertiary/aromatic N) is 1. The van der Waals surface area contributed by atoms with E-state index < -0.39 is 20.0 Å². The summed E-state index contributed by atoms with van der Waals surface area (Å²) in [7, 11) is -2.78. The van der Waals surface area contributed by atoms with Crippen molar-refractivity contribution in [1.29, 1.82) is 0 Å². The first kappa shape index (κ1) is 24.8. The van der Waals surface area contributed by atoms with E-state index in [0.29, 0.717) is 32.7 Å². The fourth-order valence-electron chi connectivity index (χ4n) is 5.89. The lowest BCUT2D eigenvalue weighted by Gasteiger charge is -2.45. The highest BCUT2D eigenvalue weighted by atomic mass is 28.4. The van der Waals surface area contributed by atoms with Gasteiger partial charge in [-0.2, -0.15) is 0 Å². The molecule has 0 radical (unpaired) electrons. The van der Waals surface area contributed by atoms with Crippen molar-refractivity contribution in [2.75, 3.05) is 26.4 Å². The minimum atomic E-state index is -2.78. The summed E-state index contributed by atoms with van der Waals surface area (Å²) in [6.07, 6.45) is 1.53. The van der Waals surface area contributed by atoms with Crippen LogP contribution in [0.3, 0.4) is 0 Å². The summed E-state index contributed by atoms with van der Waals surface area (Å²) in [5, 5.41) is 2.18. The SMILES string of the molecule is C=CCOC[C@@H]1C[C@@]2(CO[Si](c3ccccc3)(c3ccccc3)C(C)(C)C)C[C@@H](F)CN2C1=O. The molecule has 182 valence electrons. The summed E-state index contributed by atoms with van der Waals surface area (Å²) < 4.78 is 27.5. The Morgan fingerprint density at radius 3 is 2.21 bits per heavy atom. The molecule has 2 aromatic rings. The van der Waals surface area contributed by atoms with Crippen LogP contribution in [0.4, 0.5) is 4.39 Å². The zero-order valence-electron chi connectivity index (χ0n) is 20.5. The summed E-state index contributed by atoms with van der Waals surface area (Å²) in [5.74, 6) is -0.287. The Balaban J connectivity index is 1.71. The number of hydrogen-bond acceptors (Lipinski definition) is 3. The first-order valence-corrected chi connectivity index (χ1v) is 14.0. The Hall–Kier alpha value is -2.28. The van der Waals surface area contributed by atoms with Gasteiger partial charge in [-0.15, -0.1) is 6.58 Å². The van der Waals surface area contributed by atoms with E-state index in [0.717, 1.165) is 0 Å². The van der Waals surface area contributed by atoms with Gasteiger partial charge >= 0.3 is 0 Å². The number of rotatable bonds is 9. The minimum Gasteiger partial charge on any atom is -0.405 e. The van der Waals surface area contributed by atoms with Crippen LogP contribution in [0.1, 0.15) is 33.6 Å². The first-order chi connectivity index (χ1) is 16.2. The summed E-state index contributed by atoms with van der Waals surface area (Å²) in [6, 6.07) is 20.9. The van der Waals surface area contributed by atoms with Crippen molar-refractivity contribution in [1.82, 2.24) is 4.90 Å². The van der Waals surface area contributed by atoms with Crippen LogP contribution < -0.4 is 10.4 Å². The second-order valence-electron chi connectivity index (χ2n) is 10.7. The number of ether oxygens (including phenoxy) is 1. The molecule has 0 N–H and O–H groups in total. The maximum Gasteiger partial charge on any atom is 0.261 e. The Morgan fingerprint density at radius 1 is 1.09 bits per heavy atom. The largest absolute Gasteiger partial charge is 0.405 e. The van der Waals surface area contributed by atoms with E-state index in [-0.39, 0.29) is 23.4 Å². The van der Waals surface area contributed by atoms with Crippen molar-refractivity contribution >= 4 is 24.6 Å². The molecule has 6 heteroatoms. The highest BCUT2D eigenvalue weighted by molar-refractivity contribution is 6.99. The van der Waals surface area contributed by atoms with Gasteiger partial charge in [0.15, 0.2) is 0 Å². The molecule has 34 heavy (non-hydrogen) atoms. The third-order valence-corrected chi connectivity index (χ3v) is 12.3. The van der Waals surface area contributed by atoms with E-state index in [1.54, 1.807) is 11.0 Å². The van der Waals surface area contributed by atoms with Gasteiger partial charge < -0.3 is 14.1 Å². The molecular weight excluding hydrogens is 445 g/mol. The Bertz CT molecular complexity index is 954. The average molecular weight is 482 g/mol. The third-order valence-electron chi connectivity index (χ3n) is 7.33. The van der Waals surface area contributed by atoms with Crippen molar-refractivity contribution in [2.45, 2.75) is 50.4 Å². The van der Waals surface area contributed by atoms with Crippen LogP contribution in [0.2, 0.25) is 5.04 Å². The van der Waals surface area contributed by atoms with Crippen LogP contribution in [0.25, 0.3) is 0 Å². The molecule has 0 aromatic heterocycles. The Kier molecular flexibility index (Phi) is 7.13. The topological polar surface area (TPSA) is 38.8 Å². The molecule has 0 spiro atoms. The maximum absolute atomic E-state index is 14.7. The normalized spacial score (nSPS) is 24.9. The number of carbonyl (C=O) groups excluding carboxylic acids is 1. The standard InChI is InChI=1S/C28H36FNO3Si/c1-5-16-32-20-22-17-28(18-23(29)19-30(28)26(22)31)21-33-34(27(2,3)4,24-12-8-6-9-13-24)25-14-10-7-11-15-25/h5-15,22-23H,1,16-21H2,2-4H3/t22-,23+,28-/m0/s1. The van der Waals surface area contributed by atoms with Gasteiger partial charge in [-0.25, -0.2) is 4.39 Å². The molecule has 2 heterocycles. The summed E-state index contributed by atoms with van der Waals surface area (Å²) in [5.41, 5.74) is -0.633. The van der Waals surface area contributed by atoms with Crippen LogP contribution in [-0.4, -0.2) is 57.2 Å². The molecular formula is C28H36FNO3Si. The number of fused-ring (bicyclic) bond motifs is 1. The number of hydrogen-bond donors (Lipinski definition) is 0. The highest BCUT2D eigenvalue weighted by Crippen LogP contribution is 2.45. The lowest BCUT2D eigenvalue weighted by Crippen LogP contribution is -2.68. The molecule has 2 aliphatic heterocycles. The molecule has 2 saturated heterocycles. The highest BCUT2D eigenvalue weighted by Gasteiger charge is 2.59. The van der Waals surface area contributed by atoms with Gasteiger partial charge in [0.1, 0.15) is 6.17 Å². The predicted octanol–water partition coefficient (Wildman–Crippen LogP) is 4.09. The summed E-state index contributed by atoms with van der Waals surface area (Å²) in [4.78, 5) is 14.9. The zero-order chi connectivity index (χ0) is 24.4. The average Bonchev–Trinajstić information content (AvgIpc) is 3.26. The zero-order valence-corrected chi connectivity index (χ0v) is 21.5. The molecule has 0 aliphatic carbocycles. The molecule has 0 bridgehead atoms. The molecule has 0 unspecified atom stereocenters. The summed E-state index contributed by atoms with van der Waals surface area (Å²) >= 11 is 0. The van der Waals surface area contributed by atoms with Gasteiger partial charge in [0.05, 0.1) is 37.8 Å². The van der Waals surface area contributed by atoms with Crippen LogP contribution in [0.5, 0.6) is 0 Å². The van der Waals surface area contributed by atoms with Gasteiger partial charge in [0.2, 0.25) is 5.91 Å². The molecule has 0 saturated carbocycles. The minimum absolute atomic E-state index is 0.0183. The monoisotopic (exact) mass is 481 g/mol. The number of amides is 1. The molecule has 2 fully saturated rings. The first-order valence-electron chi connectivity index (χ1n) is 12.1. The smallest absolute Gasteiger partial charge is 0.261 e. The molecule has 3 atom stereocenters. The number of alkyl halides is 1. The summed E-state index contributed by atoms with van der Waals surface area (Å²) in [6.45, 7) is 11.6. The van der Waals surface area contributed by atoms with Crippen molar-refractivity contribution in [3.63, 3.8) is 0 Å². The Labute approximate surface area is 203 Å². The molecule has 4 rings (SSSR count). The molecule has 2 aliphatic rings. The molecule has 2 aromatic carbocycles. The fraction of sp³-hybridized carbons (Fsp3) is 0.464. The fourth-order valence-corrected chi connectivity index (χ4v) is 10.5.